The van der Waals surface area contributed by atoms with Crippen LogP contribution in [0.4, 0.5) is 5.13 Å². The van der Waals surface area contributed by atoms with Crippen LogP contribution in [-0.2, 0) is 7.05 Å². The molecule has 6 nitrogen and oxygen atoms in total. The summed E-state index contributed by atoms with van der Waals surface area (Å²) in [4.78, 5) is 4.37. The van der Waals surface area contributed by atoms with Crippen LogP contribution in [0.2, 0.25) is 0 Å². The Hall–Kier alpha value is -2.15. The molecule has 0 amide bonds. The van der Waals surface area contributed by atoms with E-state index < -0.39 is 0 Å². The molecule has 0 aliphatic rings. The van der Waals surface area contributed by atoms with Crippen LogP contribution in [0.15, 0.2) is 35.2 Å². The van der Waals surface area contributed by atoms with Crippen LogP contribution in [0, 0.1) is 6.92 Å². The minimum Gasteiger partial charge on any atom is -0.467 e. The predicted molar refractivity (Wildman–Crippen MR) is 72.0 cm³/mol. The highest BCUT2D eigenvalue weighted by molar-refractivity contribution is 7.15. The maximum Gasteiger partial charge on any atom is 0.206 e. The van der Waals surface area contributed by atoms with Gasteiger partial charge in [-0.15, -0.1) is 10.2 Å². The second kappa shape index (κ2) is 4.85. The van der Waals surface area contributed by atoms with Crippen molar-refractivity contribution in [2.45, 2.75) is 13.0 Å². The van der Waals surface area contributed by atoms with Gasteiger partial charge in [-0.3, -0.25) is 0 Å². The second-order valence-electron chi connectivity index (χ2n) is 4.12. The average Bonchev–Trinajstić information content (AvgIpc) is 3.08. The summed E-state index contributed by atoms with van der Waals surface area (Å²) in [5.41, 5.74) is 0. The monoisotopic (exact) mass is 275 g/mol. The highest BCUT2D eigenvalue weighted by Crippen LogP contribution is 2.27. The van der Waals surface area contributed by atoms with Gasteiger partial charge in [0.15, 0.2) is 0 Å². The number of furan rings is 1. The largest absolute Gasteiger partial charge is 0.467 e. The number of aryl methyl sites for hydroxylation is 2. The van der Waals surface area contributed by atoms with Gasteiger partial charge in [-0.05, 0) is 19.1 Å². The van der Waals surface area contributed by atoms with Gasteiger partial charge in [0.1, 0.15) is 22.6 Å². The van der Waals surface area contributed by atoms with Gasteiger partial charge in [0, 0.05) is 19.4 Å². The van der Waals surface area contributed by atoms with E-state index in [1.807, 2.05) is 36.9 Å². The first-order valence-electron chi connectivity index (χ1n) is 5.81. The minimum absolute atomic E-state index is 0.178. The molecule has 1 unspecified atom stereocenters. The van der Waals surface area contributed by atoms with E-state index in [1.54, 1.807) is 12.5 Å². The van der Waals surface area contributed by atoms with Crippen LogP contribution >= 0.6 is 11.3 Å². The Balaban J connectivity index is 1.95. The molecule has 1 N–H and O–H groups in total. The maximum absolute atomic E-state index is 5.49. The van der Waals surface area contributed by atoms with Crippen molar-refractivity contribution in [2.24, 2.45) is 7.05 Å². The zero-order valence-corrected chi connectivity index (χ0v) is 11.4. The molecular weight excluding hydrogens is 262 g/mol. The van der Waals surface area contributed by atoms with Crippen molar-refractivity contribution in [2.75, 3.05) is 5.32 Å². The summed E-state index contributed by atoms with van der Waals surface area (Å²) in [5, 5.41) is 13.1. The molecule has 0 spiro atoms. The SMILES string of the molecule is Cc1nnc(NC(c2ccco2)c2nccn2C)s1. The number of anilines is 1. The Morgan fingerprint density at radius 1 is 1.42 bits per heavy atom. The first-order chi connectivity index (χ1) is 9.24. The van der Waals surface area contributed by atoms with Crippen molar-refractivity contribution in [1.29, 1.82) is 0 Å². The van der Waals surface area contributed by atoms with Crippen LogP contribution in [0.5, 0.6) is 0 Å². The molecule has 0 radical (unpaired) electrons. The topological polar surface area (TPSA) is 68.8 Å². The highest BCUT2D eigenvalue weighted by atomic mass is 32.1. The summed E-state index contributed by atoms with van der Waals surface area (Å²) in [7, 11) is 1.95. The third-order valence-electron chi connectivity index (χ3n) is 2.74. The van der Waals surface area contributed by atoms with Gasteiger partial charge in [-0.2, -0.15) is 0 Å². The smallest absolute Gasteiger partial charge is 0.206 e. The molecule has 0 saturated carbocycles. The van der Waals surface area contributed by atoms with Gasteiger partial charge in [-0.25, -0.2) is 4.98 Å². The van der Waals surface area contributed by atoms with E-state index in [0.29, 0.717) is 0 Å². The zero-order chi connectivity index (χ0) is 13.2. The predicted octanol–water partition coefficient (Wildman–Crippen LogP) is 2.37. The van der Waals surface area contributed by atoms with Crippen molar-refractivity contribution in [3.63, 3.8) is 0 Å². The fourth-order valence-electron chi connectivity index (χ4n) is 1.85. The number of hydrogen-bond acceptors (Lipinski definition) is 6. The molecular formula is C12H13N5OS. The minimum atomic E-state index is -0.178. The van der Waals surface area contributed by atoms with E-state index in [-0.39, 0.29) is 6.04 Å². The first kappa shape index (κ1) is 11.9. The van der Waals surface area contributed by atoms with Crippen molar-refractivity contribution < 1.29 is 4.42 Å². The third-order valence-corrected chi connectivity index (χ3v) is 3.51. The summed E-state index contributed by atoms with van der Waals surface area (Å²) in [6.07, 6.45) is 5.31. The summed E-state index contributed by atoms with van der Waals surface area (Å²) < 4.78 is 7.45. The lowest BCUT2D eigenvalue weighted by atomic mass is 10.2. The Morgan fingerprint density at radius 2 is 2.32 bits per heavy atom. The highest BCUT2D eigenvalue weighted by Gasteiger charge is 2.22. The molecule has 0 fully saturated rings. The molecule has 1 atom stereocenters. The Bertz CT molecular complexity index is 657. The van der Waals surface area contributed by atoms with Crippen molar-refractivity contribution >= 4 is 16.5 Å². The molecule has 3 heterocycles. The van der Waals surface area contributed by atoms with Gasteiger partial charge < -0.3 is 14.3 Å². The average molecular weight is 275 g/mol. The fraction of sp³-hybridized carbons (Fsp3) is 0.250. The molecule has 0 bridgehead atoms. The molecule has 0 aliphatic heterocycles. The number of nitrogens with zero attached hydrogens (tertiary/aromatic N) is 4. The quantitative estimate of drug-likeness (QED) is 0.791. The van der Waals surface area contributed by atoms with Crippen LogP contribution in [-0.4, -0.2) is 19.7 Å². The van der Waals surface area contributed by atoms with Gasteiger partial charge in [0.25, 0.3) is 0 Å². The van der Waals surface area contributed by atoms with Gasteiger partial charge in [0.2, 0.25) is 5.13 Å². The van der Waals surface area contributed by atoms with E-state index in [1.165, 1.54) is 11.3 Å². The van der Waals surface area contributed by atoms with Crippen LogP contribution in [0.25, 0.3) is 0 Å². The van der Waals surface area contributed by atoms with E-state index in [2.05, 4.69) is 20.5 Å². The van der Waals surface area contributed by atoms with E-state index in [9.17, 15) is 0 Å². The Labute approximate surface area is 114 Å². The van der Waals surface area contributed by atoms with E-state index in [4.69, 9.17) is 4.42 Å². The Morgan fingerprint density at radius 3 is 2.89 bits per heavy atom. The molecule has 0 saturated heterocycles. The fourth-order valence-corrected chi connectivity index (χ4v) is 2.47. The summed E-state index contributed by atoms with van der Waals surface area (Å²) >= 11 is 1.50. The molecule has 0 aromatic carbocycles. The van der Waals surface area contributed by atoms with Crippen molar-refractivity contribution in [3.8, 4) is 0 Å². The van der Waals surface area contributed by atoms with Gasteiger partial charge in [0.05, 0.1) is 6.26 Å². The molecule has 3 aromatic rings. The van der Waals surface area contributed by atoms with Gasteiger partial charge >= 0.3 is 0 Å². The number of rotatable bonds is 4. The number of imidazole rings is 1. The second-order valence-corrected chi connectivity index (χ2v) is 5.30. The summed E-state index contributed by atoms with van der Waals surface area (Å²) in [5.74, 6) is 1.66. The van der Waals surface area contributed by atoms with Crippen molar-refractivity contribution in [3.05, 3.63) is 47.4 Å². The lowest BCUT2D eigenvalue weighted by Gasteiger charge is -2.15. The lowest BCUT2D eigenvalue weighted by Crippen LogP contribution is -2.16. The molecule has 98 valence electrons. The van der Waals surface area contributed by atoms with E-state index in [0.717, 1.165) is 21.7 Å². The maximum atomic E-state index is 5.49. The molecule has 0 aliphatic carbocycles. The first-order valence-corrected chi connectivity index (χ1v) is 6.63. The Kier molecular flexibility index (Phi) is 3.04. The summed E-state index contributed by atoms with van der Waals surface area (Å²) in [6.45, 7) is 1.92. The molecule has 7 heteroatoms. The molecule has 3 aromatic heterocycles. The van der Waals surface area contributed by atoms with E-state index >= 15 is 0 Å². The van der Waals surface area contributed by atoms with Crippen LogP contribution in [0.3, 0.4) is 0 Å². The number of nitrogens with one attached hydrogen (secondary N) is 1. The lowest BCUT2D eigenvalue weighted by molar-refractivity contribution is 0.488. The van der Waals surface area contributed by atoms with Crippen molar-refractivity contribution in [1.82, 2.24) is 19.7 Å². The normalized spacial score (nSPS) is 12.5. The number of aromatic nitrogens is 4. The van der Waals surface area contributed by atoms with Gasteiger partial charge in [-0.1, -0.05) is 11.3 Å². The summed E-state index contributed by atoms with van der Waals surface area (Å²) in [6, 6.07) is 3.60. The van der Waals surface area contributed by atoms with Crippen LogP contribution < -0.4 is 5.32 Å². The van der Waals surface area contributed by atoms with Crippen LogP contribution in [0.1, 0.15) is 22.6 Å². The zero-order valence-electron chi connectivity index (χ0n) is 10.6. The molecule has 19 heavy (non-hydrogen) atoms. The standard InChI is InChI=1S/C12H13N5OS/c1-8-15-16-12(19-8)14-10(9-4-3-7-18-9)11-13-5-6-17(11)2/h3-7,10H,1-2H3,(H,14,16). The third kappa shape index (κ3) is 2.37. The number of hydrogen-bond donors (Lipinski definition) is 1. The molecule has 3 rings (SSSR count).